The molecule has 1 heterocycles. The lowest BCUT2D eigenvalue weighted by Crippen LogP contribution is -2.30. The summed E-state index contributed by atoms with van der Waals surface area (Å²) in [5.74, 6) is 5.06. The van der Waals surface area contributed by atoms with Crippen molar-refractivity contribution in [3.05, 3.63) is 65.2 Å². The number of nitrogen functional groups attached to an aromatic ring is 1. The van der Waals surface area contributed by atoms with E-state index in [4.69, 9.17) is 10.8 Å². The summed E-state index contributed by atoms with van der Waals surface area (Å²) < 4.78 is 0. The van der Waals surface area contributed by atoms with E-state index in [9.17, 15) is 4.79 Å². The number of carbonyl (C=O) groups is 1. The topological polar surface area (TPSA) is 68.0 Å². The summed E-state index contributed by atoms with van der Waals surface area (Å²) >= 11 is 0. The fourth-order valence-corrected chi connectivity index (χ4v) is 2.95. The third-order valence-electron chi connectivity index (χ3n) is 4.46. The summed E-state index contributed by atoms with van der Waals surface area (Å²) in [7, 11) is 0. The number of pyridine rings is 1. The third-order valence-corrected chi connectivity index (χ3v) is 4.46. The number of amides is 1. The molecule has 1 aromatic heterocycles. The van der Waals surface area contributed by atoms with Crippen LogP contribution >= 0.6 is 0 Å². The smallest absolute Gasteiger partial charge is 0.265 e. The van der Waals surface area contributed by atoms with Crippen molar-refractivity contribution in [1.82, 2.24) is 10.4 Å². The lowest BCUT2D eigenvalue weighted by molar-refractivity contribution is 0.0955. The summed E-state index contributed by atoms with van der Waals surface area (Å²) in [6.45, 7) is 8.54. The van der Waals surface area contributed by atoms with E-state index in [-0.39, 0.29) is 11.3 Å². The van der Waals surface area contributed by atoms with Gasteiger partial charge in [0.25, 0.3) is 5.91 Å². The number of rotatable bonds is 2. The molecule has 0 unspecified atom stereocenters. The van der Waals surface area contributed by atoms with Crippen LogP contribution in [-0.2, 0) is 5.41 Å². The minimum absolute atomic E-state index is 0.0938. The Labute approximate surface area is 148 Å². The van der Waals surface area contributed by atoms with E-state index >= 15 is 0 Å². The number of nitrogens with one attached hydrogen (secondary N) is 1. The highest BCUT2D eigenvalue weighted by atomic mass is 16.2. The zero-order valence-corrected chi connectivity index (χ0v) is 15.1. The van der Waals surface area contributed by atoms with Crippen LogP contribution in [0.2, 0.25) is 0 Å². The quantitative estimate of drug-likeness (QED) is 0.421. The van der Waals surface area contributed by atoms with E-state index in [2.05, 4.69) is 50.5 Å². The second-order valence-electron chi connectivity index (χ2n) is 7.33. The first kappa shape index (κ1) is 17.1. The molecule has 0 aliphatic heterocycles. The van der Waals surface area contributed by atoms with Gasteiger partial charge in [0.2, 0.25) is 0 Å². The molecule has 3 aromatic rings. The van der Waals surface area contributed by atoms with Crippen molar-refractivity contribution in [2.24, 2.45) is 5.84 Å². The van der Waals surface area contributed by atoms with E-state index in [1.807, 2.05) is 25.1 Å². The summed E-state index contributed by atoms with van der Waals surface area (Å²) in [5, 5.41) is 0.804. The van der Waals surface area contributed by atoms with Gasteiger partial charge in [-0.1, -0.05) is 63.2 Å². The van der Waals surface area contributed by atoms with Crippen LogP contribution in [0.15, 0.2) is 48.5 Å². The molecule has 0 fully saturated rings. The van der Waals surface area contributed by atoms with Gasteiger partial charge < -0.3 is 0 Å². The molecule has 25 heavy (non-hydrogen) atoms. The molecule has 2 aromatic carbocycles. The minimum Gasteiger partial charge on any atom is -0.290 e. The van der Waals surface area contributed by atoms with Crippen LogP contribution in [0.4, 0.5) is 0 Å². The molecule has 3 rings (SSSR count). The number of aromatic nitrogens is 1. The van der Waals surface area contributed by atoms with Gasteiger partial charge in [0.15, 0.2) is 0 Å². The molecule has 0 aliphatic rings. The summed E-state index contributed by atoms with van der Waals surface area (Å²) in [5.41, 5.74) is 7.70. The number of fused-ring (bicyclic) bond motifs is 1. The molecular formula is C21H23N3O. The average molecular weight is 333 g/mol. The lowest BCUT2D eigenvalue weighted by Gasteiger charge is -2.19. The molecule has 4 nitrogen and oxygen atoms in total. The Balaban J connectivity index is 2.20. The largest absolute Gasteiger partial charge is 0.290 e. The number of para-hydroxylation sites is 1. The van der Waals surface area contributed by atoms with Crippen LogP contribution in [0.3, 0.4) is 0 Å². The Morgan fingerprint density at radius 3 is 2.36 bits per heavy atom. The van der Waals surface area contributed by atoms with Gasteiger partial charge in [-0.15, -0.1) is 0 Å². The first-order valence-electron chi connectivity index (χ1n) is 8.33. The first-order valence-corrected chi connectivity index (χ1v) is 8.33. The number of hydrogen-bond donors (Lipinski definition) is 2. The molecule has 0 spiro atoms. The maximum absolute atomic E-state index is 12.2. The standard InChI is InChI=1S/C21H23N3O/c1-13-6-5-7-16-17(20(25)24-22)12-18(23-19(13)16)14-8-10-15(11-9-14)21(2,3)4/h5-12H,22H2,1-4H3,(H,24,25). The molecule has 0 saturated carbocycles. The van der Waals surface area contributed by atoms with Crippen molar-refractivity contribution in [2.45, 2.75) is 33.1 Å². The maximum atomic E-state index is 12.2. The van der Waals surface area contributed by atoms with Crippen LogP contribution < -0.4 is 11.3 Å². The molecular weight excluding hydrogens is 310 g/mol. The second kappa shape index (κ2) is 6.30. The van der Waals surface area contributed by atoms with Crippen LogP contribution in [0.1, 0.15) is 42.3 Å². The average Bonchev–Trinajstić information content (AvgIpc) is 2.60. The number of aryl methyl sites for hydroxylation is 1. The molecule has 1 amide bonds. The molecule has 0 bridgehead atoms. The fraction of sp³-hybridized carbons (Fsp3) is 0.238. The number of benzene rings is 2. The molecule has 0 saturated heterocycles. The summed E-state index contributed by atoms with van der Waals surface area (Å²) in [4.78, 5) is 17.0. The van der Waals surface area contributed by atoms with E-state index in [0.717, 1.165) is 27.7 Å². The van der Waals surface area contributed by atoms with Gasteiger partial charge in [-0.05, 0) is 29.5 Å². The van der Waals surface area contributed by atoms with Gasteiger partial charge >= 0.3 is 0 Å². The van der Waals surface area contributed by atoms with Gasteiger partial charge in [-0.2, -0.15) is 0 Å². The van der Waals surface area contributed by atoms with Gasteiger partial charge in [-0.25, -0.2) is 10.8 Å². The zero-order valence-electron chi connectivity index (χ0n) is 15.1. The van der Waals surface area contributed by atoms with Crippen molar-refractivity contribution < 1.29 is 4.79 Å². The van der Waals surface area contributed by atoms with Crippen molar-refractivity contribution in [3.8, 4) is 11.3 Å². The Morgan fingerprint density at radius 2 is 1.76 bits per heavy atom. The molecule has 3 N–H and O–H groups in total. The van der Waals surface area contributed by atoms with Gasteiger partial charge in [0, 0.05) is 10.9 Å². The Hall–Kier alpha value is -2.72. The normalized spacial score (nSPS) is 11.6. The van der Waals surface area contributed by atoms with Crippen LogP contribution in [0.25, 0.3) is 22.2 Å². The first-order chi connectivity index (χ1) is 11.8. The number of hydrazine groups is 1. The van der Waals surface area contributed by atoms with Gasteiger partial charge in [0.05, 0.1) is 16.8 Å². The second-order valence-corrected chi connectivity index (χ2v) is 7.33. The van der Waals surface area contributed by atoms with Crippen molar-refractivity contribution in [1.29, 1.82) is 0 Å². The monoisotopic (exact) mass is 333 g/mol. The Bertz CT molecular complexity index is 938. The van der Waals surface area contributed by atoms with Crippen molar-refractivity contribution in [3.63, 3.8) is 0 Å². The SMILES string of the molecule is Cc1cccc2c(C(=O)NN)cc(-c3ccc(C(C)(C)C)cc3)nc12. The molecule has 0 aliphatic carbocycles. The number of nitrogens with two attached hydrogens (primary N) is 1. The third kappa shape index (κ3) is 3.26. The highest BCUT2D eigenvalue weighted by Crippen LogP contribution is 2.29. The molecule has 4 heteroatoms. The Morgan fingerprint density at radius 1 is 1.08 bits per heavy atom. The highest BCUT2D eigenvalue weighted by Gasteiger charge is 2.16. The molecule has 0 radical (unpaired) electrons. The van der Waals surface area contributed by atoms with Crippen molar-refractivity contribution >= 4 is 16.8 Å². The maximum Gasteiger partial charge on any atom is 0.265 e. The predicted molar refractivity (Wildman–Crippen MR) is 102 cm³/mol. The van der Waals surface area contributed by atoms with Gasteiger partial charge in [0.1, 0.15) is 0 Å². The van der Waals surface area contributed by atoms with E-state index in [1.165, 1.54) is 5.56 Å². The summed E-state index contributed by atoms with van der Waals surface area (Å²) in [6.07, 6.45) is 0. The van der Waals surface area contributed by atoms with Crippen molar-refractivity contribution in [2.75, 3.05) is 0 Å². The van der Waals surface area contributed by atoms with Crippen LogP contribution in [0.5, 0.6) is 0 Å². The van der Waals surface area contributed by atoms with Crippen LogP contribution in [0, 0.1) is 6.92 Å². The fourth-order valence-electron chi connectivity index (χ4n) is 2.95. The van der Waals surface area contributed by atoms with E-state index in [1.54, 1.807) is 6.07 Å². The molecule has 128 valence electrons. The number of carbonyl (C=O) groups excluding carboxylic acids is 1. The van der Waals surface area contributed by atoms with E-state index in [0.29, 0.717) is 5.56 Å². The number of nitrogens with zero attached hydrogens (tertiary/aromatic N) is 1. The van der Waals surface area contributed by atoms with E-state index < -0.39 is 0 Å². The minimum atomic E-state index is -0.314. The lowest BCUT2D eigenvalue weighted by atomic mass is 9.86. The molecule has 0 atom stereocenters. The summed E-state index contributed by atoms with van der Waals surface area (Å²) in [6, 6.07) is 15.9. The Kier molecular flexibility index (Phi) is 4.31. The number of hydrogen-bond acceptors (Lipinski definition) is 3. The zero-order chi connectivity index (χ0) is 18.2. The predicted octanol–water partition coefficient (Wildman–Crippen LogP) is 4.11. The van der Waals surface area contributed by atoms with Gasteiger partial charge in [-0.3, -0.25) is 10.2 Å². The van der Waals surface area contributed by atoms with Crippen LogP contribution in [-0.4, -0.2) is 10.9 Å². The highest BCUT2D eigenvalue weighted by molar-refractivity contribution is 6.07.